The van der Waals surface area contributed by atoms with Crippen LogP contribution in [0.5, 0.6) is 11.5 Å². The monoisotopic (exact) mass is 285 g/mol. The summed E-state index contributed by atoms with van der Waals surface area (Å²) in [5.41, 5.74) is 9.48. The highest BCUT2D eigenvalue weighted by Crippen LogP contribution is 2.38. The van der Waals surface area contributed by atoms with Gasteiger partial charge in [0, 0.05) is 17.8 Å². The van der Waals surface area contributed by atoms with Gasteiger partial charge in [-0.15, -0.1) is 0 Å². The molecule has 2 aromatic rings. The zero-order chi connectivity index (χ0) is 14.6. The molecule has 1 aromatic heterocycles. The van der Waals surface area contributed by atoms with Crippen LogP contribution in [0.15, 0.2) is 18.2 Å². The van der Waals surface area contributed by atoms with Crippen LogP contribution in [0.2, 0.25) is 0 Å². The highest BCUT2D eigenvalue weighted by molar-refractivity contribution is 5.66. The van der Waals surface area contributed by atoms with Crippen molar-refractivity contribution in [1.29, 1.82) is 0 Å². The number of benzene rings is 1. The van der Waals surface area contributed by atoms with Gasteiger partial charge in [-0.05, 0) is 37.5 Å². The van der Waals surface area contributed by atoms with Crippen molar-refractivity contribution in [3.63, 3.8) is 0 Å². The lowest BCUT2D eigenvalue weighted by molar-refractivity contribution is 0.174. The summed E-state index contributed by atoms with van der Waals surface area (Å²) in [6.45, 7) is 5.63. The third-order valence-electron chi connectivity index (χ3n) is 4.38. The summed E-state index contributed by atoms with van der Waals surface area (Å²) in [7, 11) is 0. The molecule has 2 aliphatic rings. The first kappa shape index (κ1) is 12.7. The van der Waals surface area contributed by atoms with Gasteiger partial charge in [0.05, 0.1) is 11.7 Å². The molecule has 2 N–H and O–H groups in total. The van der Waals surface area contributed by atoms with Gasteiger partial charge in [0.1, 0.15) is 5.82 Å². The number of ether oxygens (including phenoxy) is 2. The maximum absolute atomic E-state index is 6.26. The second-order valence-electron chi connectivity index (χ2n) is 6.03. The molecule has 0 radical (unpaired) electrons. The molecule has 110 valence electrons. The lowest BCUT2D eigenvalue weighted by Crippen LogP contribution is -2.27. The van der Waals surface area contributed by atoms with Gasteiger partial charge < -0.3 is 19.8 Å². The largest absolute Gasteiger partial charge is 0.454 e. The Bertz CT molecular complexity index is 708. The van der Waals surface area contributed by atoms with E-state index < -0.39 is 0 Å². The van der Waals surface area contributed by atoms with Crippen LogP contribution in [0.4, 0.5) is 0 Å². The molecule has 2 atom stereocenters. The van der Waals surface area contributed by atoms with E-state index in [9.17, 15) is 0 Å². The van der Waals surface area contributed by atoms with Gasteiger partial charge >= 0.3 is 0 Å². The Hall–Kier alpha value is -2.01. The molecule has 4 rings (SSSR count). The summed E-state index contributed by atoms with van der Waals surface area (Å²) >= 11 is 0. The van der Waals surface area contributed by atoms with Crippen molar-refractivity contribution in [3.05, 3.63) is 29.7 Å². The van der Waals surface area contributed by atoms with Crippen LogP contribution >= 0.6 is 0 Å². The second kappa shape index (κ2) is 4.49. The Labute approximate surface area is 123 Å². The summed E-state index contributed by atoms with van der Waals surface area (Å²) in [4.78, 5) is 4.80. The third-order valence-corrected chi connectivity index (χ3v) is 4.38. The molecule has 0 spiro atoms. The Morgan fingerprint density at radius 1 is 1.29 bits per heavy atom. The zero-order valence-corrected chi connectivity index (χ0v) is 12.3. The third kappa shape index (κ3) is 1.92. The van der Waals surface area contributed by atoms with Crippen molar-refractivity contribution in [1.82, 2.24) is 9.55 Å². The molecule has 5 heteroatoms. The number of nitrogens with two attached hydrogens (primary N) is 1. The fourth-order valence-corrected chi connectivity index (χ4v) is 3.31. The van der Waals surface area contributed by atoms with E-state index in [1.54, 1.807) is 0 Å². The molecule has 0 fully saturated rings. The van der Waals surface area contributed by atoms with Crippen molar-refractivity contribution < 1.29 is 9.47 Å². The van der Waals surface area contributed by atoms with E-state index in [-0.39, 0.29) is 6.04 Å². The molecular formula is C16H19N3O2. The van der Waals surface area contributed by atoms with E-state index in [1.807, 2.05) is 18.2 Å². The fourth-order valence-electron chi connectivity index (χ4n) is 3.31. The number of fused-ring (bicyclic) bond motifs is 2. The number of hydrogen-bond acceptors (Lipinski definition) is 4. The Morgan fingerprint density at radius 3 is 2.95 bits per heavy atom. The maximum Gasteiger partial charge on any atom is 0.231 e. The van der Waals surface area contributed by atoms with Crippen molar-refractivity contribution >= 4 is 0 Å². The predicted octanol–water partition coefficient (Wildman–Crippen LogP) is 2.63. The van der Waals surface area contributed by atoms with Crippen molar-refractivity contribution in [2.75, 3.05) is 6.79 Å². The Kier molecular flexibility index (Phi) is 2.72. The van der Waals surface area contributed by atoms with Gasteiger partial charge in [-0.3, -0.25) is 0 Å². The van der Waals surface area contributed by atoms with E-state index in [4.69, 9.17) is 20.2 Å². The van der Waals surface area contributed by atoms with Gasteiger partial charge in [0.2, 0.25) is 6.79 Å². The van der Waals surface area contributed by atoms with Crippen LogP contribution in [0, 0.1) is 12.8 Å². The number of nitrogens with zero attached hydrogens (tertiary/aromatic N) is 2. The molecule has 0 saturated carbocycles. The van der Waals surface area contributed by atoms with E-state index in [0.29, 0.717) is 12.7 Å². The minimum Gasteiger partial charge on any atom is -0.454 e. The number of rotatable bonds is 1. The lowest BCUT2D eigenvalue weighted by Gasteiger charge is -2.26. The van der Waals surface area contributed by atoms with Crippen LogP contribution in [-0.4, -0.2) is 16.3 Å². The summed E-state index contributed by atoms with van der Waals surface area (Å²) in [6, 6.07) is 6.00. The summed E-state index contributed by atoms with van der Waals surface area (Å²) < 4.78 is 13.1. The molecule has 2 aliphatic heterocycles. The molecule has 0 amide bonds. The van der Waals surface area contributed by atoms with Gasteiger partial charge in [0.15, 0.2) is 11.5 Å². The summed E-state index contributed by atoms with van der Waals surface area (Å²) in [5.74, 6) is 3.17. The van der Waals surface area contributed by atoms with Crippen LogP contribution in [0.1, 0.15) is 30.9 Å². The molecule has 21 heavy (non-hydrogen) atoms. The minimum atomic E-state index is 0.0233. The average molecular weight is 285 g/mol. The fraction of sp³-hybridized carbons (Fsp3) is 0.438. The number of imidazole rings is 1. The molecule has 3 heterocycles. The number of aromatic nitrogens is 2. The van der Waals surface area contributed by atoms with Gasteiger partial charge in [-0.25, -0.2) is 4.98 Å². The van der Waals surface area contributed by atoms with Crippen LogP contribution in [-0.2, 0) is 6.54 Å². The van der Waals surface area contributed by atoms with Gasteiger partial charge in [-0.1, -0.05) is 6.92 Å². The zero-order valence-electron chi connectivity index (χ0n) is 12.3. The lowest BCUT2D eigenvalue weighted by atomic mass is 9.98. The highest BCUT2D eigenvalue weighted by Gasteiger charge is 2.27. The van der Waals surface area contributed by atoms with Gasteiger partial charge in [-0.2, -0.15) is 0 Å². The topological polar surface area (TPSA) is 62.3 Å². The summed E-state index contributed by atoms with van der Waals surface area (Å²) in [6.07, 6.45) is 0.997. The number of hydrogen-bond donors (Lipinski definition) is 1. The highest BCUT2D eigenvalue weighted by atomic mass is 16.7. The van der Waals surface area contributed by atoms with Gasteiger partial charge in [0.25, 0.3) is 0 Å². The van der Waals surface area contributed by atoms with Crippen LogP contribution < -0.4 is 15.2 Å². The molecule has 1 aromatic carbocycles. The van der Waals surface area contributed by atoms with Crippen molar-refractivity contribution in [3.8, 4) is 22.8 Å². The summed E-state index contributed by atoms with van der Waals surface area (Å²) in [5, 5.41) is 0. The minimum absolute atomic E-state index is 0.0233. The maximum atomic E-state index is 6.26. The van der Waals surface area contributed by atoms with E-state index in [1.165, 1.54) is 5.69 Å². The van der Waals surface area contributed by atoms with E-state index in [2.05, 4.69) is 18.4 Å². The molecule has 2 unspecified atom stereocenters. The predicted molar refractivity (Wildman–Crippen MR) is 79.2 cm³/mol. The standard InChI is InChI=1S/C16H19N3O2/c1-9-5-12(17)16-18-15(10(2)19(16)7-9)11-3-4-13-14(6-11)21-8-20-13/h3-4,6,9,12H,5,7-8,17H2,1-2H3. The average Bonchev–Trinajstić information content (AvgIpc) is 3.04. The SMILES string of the molecule is Cc1c(-c2ccc3c(c2)OCO3)nc2n1CC(C)CC2N. The van der Waals surface area contributed by atoms with Crippen molar-refractivity contribution in [2.24, 2.45) is 11.7 Å². The van der Waals surface area contributed by atoms with E-state index in [0.717, 1.165) is 41.5 Å². The smallest absolute Gasteiger partial charge is 0.231 e. The molecule has 0 bridgehead atoms. The first-order valence-corrected chi connectivity index (χ1v) is 7.36. The van der Waals surface area contributed by atoms with Crippen LogP contribution in [0.3, 0.4) is 0 Å². The molecular weight excluding hydrogens is 266 g/mol. The van der Waals surface area contributed by atoms with Crippen LogP contribution in [0.25, 0.3) is 11.3 Å². The Morgan fingerprint density at radius 2 is 2.10 bits per heavy atom. The molecule has 0 aliphatic carbocycles. The molecule has 5 nitrogen and oxygen atoms in total. The molecule has 0 saturated heterocycles. The second-order valence-corrected chi connectivity index (χ2v) is 6.03. The van der Waals surface area contributed by atoms with Crippen molar-refractivity contribution in [2.45, 2.75) is 32.9 Å². The Balaban J connectivity index is 1.81. The first-order chi connectivity index (χ1) is 10.1. The van der Waals surface area contributed by atoms with E-state index >= 15 is 0 Å². The normalized spacial score (nSPS) is 23.2. The first-order valence-electron chi connectivity index (χ1n) is 7.36. The quantitative estimate of drug-likeness (QED) is 0.875.